The lowest BCUT2D eigenvalue weighted by molar-refractivity contribution is 0.283. The van der Waals surface area contributed by atoms with Gasteiger partial charge in [0.15, 0.2) is 5.90 Å². The number of fused-ring (bicyclic) bond motifs is 1. The molecule has 1 aliphatic rings. The molecule has 0 bridgehead atoms. The first kappa shape index (κ1) is 8.10. The molecule has 3 heteroatoms. The van der Waals surface area contributed by atoms with E-state index in [-0.39, 0.29) is 0 Å². The van der Waals surface area contributed by atoms with Crippen LogP contribution in [-0.2, 0) is 11.3 Å². The van der Waals surface area contributed by atoms with Crippen LogP contribution in [0.15, 0.2) is 23.2 Å². The van der Waals surface area contributed by atoms with Crippen molar-refractivity contribution in [2.45, 2.75) is 13.5 Å². The molecule has 1 heterocycles. The first-order valence-corrected chi connectivity index (χ1v) is 4.15. The van der Waals surface area contributed by atoms with E-state index in [4.69, 9.17) is 9.47 Å². The van der Waals surface area contributed by atoms with Gasteiger partial charge in [-0.05, 0) is 6.07 Å². The molecule has 0 N–H and O–H groups in total. The Morgan fingerprint density at radius 2 is 2.31 bits per heavy atom. The number of hydrogen-bond acceptors (Lipinski definition) is 3. The second-order valence-corrected chi connectivity index (χ2v) is 2.89. The van der Waals surface area contributed by atoms with Gasteiger partial charge < -0.3 is 9.47 Å². The molecule has 0 atom stereocenters. The second-order valence-electron chi connectivity index (χ2n) is 2.89. The fraction of sp³-hybridized carbons (Fsp3) is 0.300. The fourth-order valence-electron chi connectivity index (χ4n) is 1.35. The molecule has 1 aromatic carbocycles. The standard InChI is InChI=1S/C10H11NO2/c1-7-11-10-8(6-13-7)4-3-5-9(10)12-2/h3-5H,6H2,1-2H3. The molecule has 2 rings (SSSR count). The monoisotopic (exact) mass is 177 g/mol. The predicted molar refractivity (Wildman–Crippen MR) is 50.6 cm³/mol. The maximum Gasteiger partial charge on any atom is 0.185 e. The summed E-state index contributed by atoms with van der Waals surface area (Å²) in [5.74, 6) is 1.50. The smallest absolute Gasteiger partial charge is 0.185 e. The Bertz CT molecular complexity index is 358. The third-order valence-electron chi connectivity index (χ3n) is 2.01. The molecule has 0 saturated carbocycles. The molecule has 1 aromatic rings. The van der Waals surface area contributed by atoms with Crippen molar-refractivity contribution in [1.82, 2.24) is 0 Å². The van der Waals surface area contributed by atoms with E-state index in [2.05, 4.69) is 4.99 Å². The molecular weight excluding hydrogens is 166 g/mol. The van der Waals surface area contributed by atoms with Crippen molar-refractivity contribution in [3.8, 4) is 5.75 Å². The van der Waals surface area contributed by atoms with E-state index in [1.54, 1.807) is 7.11 Å². The highest BCUT2D eigenvalue weighted by molar-refractivity contribution is 5.80. The Morgan fingerprint density at radius 1 is 1.46 bits per heavy atom. The van der Waals surface area contributed by atoms with Crippen LogP contribution in [0, 0.1) is 0 Å². The molecule has 13 heavy (non-hydrogen) atoms. The lowest BCUT2D eigenvalue weighted by Gasteiger charge is -2.16. The highest BCUT2D eigenvalue weighted by Crippen LogP contribution is 2.34. The molecule has 0 unspecified atom stereocenters. The van der Waals surface area contributed by atoms with Crippen molar-refractivity contribution in [1.29, 1.82) is 0 Å². The average Bonchev–Trinajstić information content (AvgIpc) is 2.17. The SMILES string of the molecule is COc1cccc2c1N=C(C)OC2. The first-order valence-electron chi connectivity index (χ1n) is 4.15. The highest BCUT2D eigenvalue weighted by atomic mass is 16.5. The summed E-state index contributed by atoms with van der Waals surface area (Å²) in [6.07, 6.45) is 0. The minimum atomic E-state index is 0.585. The van der Waals surface area contributed by atoms with E-state index in [1.807, 2.05) is 25.1 Å². The molecule has 68 valence electrons. The topological polar surface area (TPSA) is 30.8 Å². The summed E-state index contributed by atoms with van der Waals surface area (Å²) >= 11 is 0. The third-order valence-corrected chi connectivity index (χ3v) is 2.01. The lowest BCUT2D eigenvalue weighted by Crippen LogP contribution is -2.05. The van der Waals surface area contributed by atoms with E-state index in [1.165, 1.54) is 0 Å². The number of hydrogen-bond donors (Lipinski definition) is 0. The highest BCUT2D eigenvalue weighted by Gasteiger charge is 2.13. The van der Waals surface area contributed by atoms with Gasteiger partial charge >= 0.3 is 0 Å². The average molecular weight is 177 g/mol. The Morgan fingerprint density at radius 3 is 3.08 bits per heavy atom. The zero-order valence-corrected chi connectivity index (χ0v) is 7.70. The van der Waals surface area contributed by atoms with Gasteiger partial charge in [0.2, 0.25) is 0 Å². The lowest BCUT2D eigenvalue weighted by atomic mass is 10.1. The summed E-state index contributed by atoms with van der Waals surface area (Å²) in [7, 11) is 1.65. The van der Waals surface area contributed by atoms with Crippen LogP contribution < -0.4 is 4.74 Å². The molecule has 0 amide bonds. The zero-order valence-electron chi connectivity index (χ0n) is 7.70. The van der Waals surface area contributed by atoms with Gasteiger partial charge in [-0.1, -0.05) is 12.1 Å². The van der Waals surface area contributed by atoms with Crippen molar-refractivity contribution in [2.24, 2.45) is 4.99 Å². The minimum absolute atomic E-state index is 0.585. The van der Waals surface area contributed by atoms with E-state index >= 15 is 0 Å². The van der Waals surface area contributed by atoms with E-state index in [0.29, 0.717) is 12.5 Å². The molecule has 3 nitrogen and oxygen atoms in total. The van der Waals surface area contributed by atoms with Crippen molar-refractivity contribution >= 4 is 11.6 Å². The van der Waals surface area contributed by atoms with Crippen molar-refractivity contribution < 1.29 is 9.47 Å². The van der Waals surface area contributed by atoms with Crippen molar-refractivity contribution in [3.63, 3.8) is 0 Å². The summed E-state index contributed by atoms with van der Waals surface area (Å²) in [5, 5.41) is 0. The second kappa shape index (κ2) is 3.09. The zero-order chi connectivity index (χ0) is 9.26. The summed E-state index contributed by atoms with van der Waals surface area (Å²) in [5.41, 5.74) is 1.97. The Balaban J connectivity index is 2.55. The Hall–Kier alpha value is -1.51. The molecule has 0 aromatic heterocycles. The van der Waals surface area contributed by atoms with Gasteiger partial charge in [0.25, 0.3) is 0 Å². The van der Waals surface area contributed by atoms with Crippen LogP contribution in [0.1, 0.15) is 12.5 Å². The largest absolute Gasteiger partial charge is 0.494 e. The molecule has 0 saturated heterocycles. The molecular formula is C10H11NO2. The maximum absolute atomic E-state index is 5.30. The summed E-state index contributed by atoms with van der Waals surface area (Å²) in [4.78, 5) is 4.29. The van der Waals surface area contributed by atoms with E-state index in [0.717, 1.165) is 17.0 Å². The van der Waals surface area contributed by atoms with Gasteiger partial charge in [-0.2, -0.15) is 0 Å². The summed E-state index contributed by atoms with van der Waals surface area (Å²) in [6, 6.07) is 5.84. The van der Waals surface area contributed by atoms with Crippen LogP contribution in [0.5, 0.6) is 5.75 Å². The number of methoxy groups -OCH3 is 1. The van der Waals surface area contributed by atoms with Crippen molar-refractivity contribution in [2.75, 3.05) is 7.11 Å². The quantitative estimate of drug-likeness (QED) is 0.658. The van der Waals surface area contributed by atoms with Gasteiger partial charge in [0.1, 0.15) is 18.0 Å². The molecule has 1 aliphatic heterocycles. The van der Waals surface area contributed by atoms with Crippen LogP contribution >= 0.6 is 0 Å². The molecule has 0 aliphatic carbocycles. The number of ether oxygens (including phenoxy) is 2. The van der Waals surface area contributed by atoms with Gasteiger partial charge in [0.05, 0.1) is 7.11 Å². The maximum atomic E-state index is 5.30. The van der Waals surface area contributed by atoms with Crippen LogP contribution in [0.4, 0.5) is 5.69 Å². The Labute approximate surface area is 77.0 Å². The van der Waals surface area contributed by atoms with Gasteiger partial charge in [0, 0.05) is 12.5 Å². The van der Waals surface area contributed by atoms with Gasteiger partial charge in [-0.3, -0.25) is 0 Å². The molecule has 0 fully saturated rings. The first-order chi connectivity index (χ1) is 6.31. The number of aliphatic imine (C=N–C) groups is 1. The molecule has 0 radical (unpaired) electrons. The van der Waals surface area contributed by atoms with Crippen LogP contribution in [0.2, 0.25) is 0 Å². The van der Waals surface area contributed by atoms with Crippen LogP contribution in [-0.4, -0.2) is 13.0 Å². The Kier molecular flexibility index (Phi) is 1.93. The van der Waals surface area contributed by atoms with E-state index in [9.17, 15) is 0 Å². The van der Waals surface area contributed by atoms with Crippen LogP contribution in [0.3, 0.4) is 0 Å². The van der Waals surface area contributed by atoms with E-state index < -0.39 is 0 Å². The van der Waals surface area contributed by atoms with Gasteiger partial charge in [-0.25, -0.2) is 4.99 Å². The summed E-state index contributed by atoms with van der Waals surface area (Å²) < 4.78 is 10.5. The minimum Gasteiger partial charge on any atom is -0.494 e. The summed E-state index contributed by atoms with van der Waals surface area (Å²) in [6.45, 7) is 2.43. The molecule has 0 spiro atoms. The third kappa shape index (κ3) is 1.37. The number of benzene rings is 1. The van der Waals surface area contributed by atoms with Crippen LogP contribution in [0.25, 0.3) is 0 Å². The van der Waals surface area contributed by atoms with Crippen molar-refractivity contribution in [3.05, 3.63) is 23.8 Å². The predicted octanol–water partition coefficient (Wildman–Crippen LogP) is 2.28. The normalized spacial score (nSPS) is 14.2. The fourth-order valence-corrected chi connectivity index (χ4v) is 1.35. The number of para-hydroxylation sites is 1. The number of nitrogens with zero attached hydrogens (tertiary/aromatic N) is 1. The number of rotatable bonds is 1. The van der Waals surface area contributed by atoms with Gasteiger partial charge in [-0.15, -0.1) is 0 Å².